The summed E-state index contributed by atoms with van der Waals surface area (Å²) in [7, 11) is 0. The van der Waals surface area contributed by atoms with E-state index in [0.717, 1.165) is 5.57 Å². The molecule has 3 atom stereocenters. The Hall–Kier alpha value is -0.380. The van der Waals surface area contributed by atoms with E-state index in [9.17, 15) is 15.3 Å². The van der Waals surface area contributed by atoms with Gasteiger partial charge in [0.2, 0.25) is 0 Å². The topological polar surface area (TPSA) is 60.7 Å². The standard InChI is InChI=1S/C10H18O3/c1-6-4-9(12)7(5-8(6)11)10(2,3)13/h4,7-9,11-13H,5H2,1-3H3. The van der Waals surface area contributed by atoms with Crippen LogP contribution in [0.5, 0.6) is 0 Å². The second kappa shape index (κ2) is 3.40. The fraction of sp³-hybridized carbons (Fsp3) is 0.800. The van der Waals surface area contributed by atoms with Crippen LogP contribution in [-0.2, 0) is 0 Å². The van der Waals surface area contributed by atoms with Gasteiger partial charge in [0.05, 0.1) is 17.8 Å². The highest BCUT2D eigenvalue weighted by Crippen LogP contribution is 2.32. The van der Waals surface area contributed by atoms with Crippen LogP contribution < -0.4 is 0 Å². The van der Waals surface area contributed by atoms with Crippen molar-refractivity contribution in [3.05, 3.63) is 11.6 Å². The van der Waals surface area contributed by atoms with E-state index in [-0.39, 0.29) is 5.92 Å². The third kappa shape index (κ3) is 2.30. The van der Waals surface area contributed by atoms with Crippen molar-refractivity contribution >= 4 is 0 Å². The fourth-order valence-electron chi connectivity index (χ4n) is 1.77. The smallest absolute Gasteiger partial charge is 0.0780 e. The Balaban J connectivity index is 2.82. The van der Waals surface area contributed by atoms with E-state index in [1.807, 2.05) is 0 Å². The Labute approximate surface area is 78.7 Å². The highest BCUT2D eigenvalue weighted by Gasteiger charge is 2.36. The van der Waals surface area contributed by atoms with Crippen molar-refractivity contribution in [1.82, 2.24) is 0 Å². The lowest BCUT2D eigenvalue weighted by molar-refractivity contribution is -0.0542. The number of rotatable bonds is 1. The van der Waals surface area contributed by atoms with Gasteiger partial charge in [0, 0.05) is 5.92 Å². The molecule has 0 bridgehead atoms. The molecule has 0 spiro atoms. The van der Waals surface area contributed by atoms with Crippen LogP contribution in [0.15, 0.2) is 11.6 Å². The van der Waals surface area contributed by atoms with Gasteiger partial charge >= 0.3 is 0 Å². The maximum Gasteiger partial charge on any atom is 0.0780 e. The molecular weight excluding hydrogens is 168 g/mol. The van der Waals surface area contributed by atoms with E-state index < -0.39 is 17.8 Å². The summed E-state index contributed by atoms with van der Waals surface area (Å²) in [5.74, 6) is -0.286. The highest BCUT2D eigenvalue weighted by molar-refractivity contribution is 5.15. The zero-order chi connectivity index (χ0) is 10.2. The summed E-state index contributed by atoms with van der Waals surface area (Å²) in [4.78, 5) is 0. The molecule has 3 nitrogen and oxygen atoms in total. The summed E-state index contributed by atoms with van der Waals surface area (Å²) in [5.41, 5.74) is -0.162. The van der Waals surface area contributed by atoms with Crippen LogP contribution in [0, 0.1) is 5.92 Å². The first-order valence-electron chi connectivity index (χ1n) is 4.59. The van der Waals surface area contributed by atoms with Crippen molar-refractivity contribution in [2.45, 2.75) is 45.0 Å². The molecule has 0 aromatic rings. The van der Waals surface area contributed by atoms with Gasteiger partial charge in [-0.2, -0.15) is 0 Å². The lowest BCUT2D eigenvalue weighted by atomic mass is 9.77. The molecule has 0 amide bonds. The van der Waals surface area contributed by atoms with E-state index in [1.165, 1.54) is 0 Å². The molecule has 1 aliphatic carbocycles. The maximum atomic E-state index is 9.72. The molecule has 3 N–H and O–H groups in total. The molecule has 1 rings (SSSR count). The summed E-state index contributed by atoms with van der Waals surface area (Å²) in [6, 6.07) is 0. The molecule has 0 saturated carbocycles. The molecule has 76 valence electrons. The minimum atomic E-state index is -0.947. The van der Waals surface area contributed by atoms with Gasteiger partial charge in [0.15, 0.2) is 0 Å². The van der Waals surface area contributed by atoms with Gasteiger partial charge in [0.1, 0.15) is 0 Å². The molecule has 0 aromatic heterocycles. The molecule has 3 heteroatoms. The van der Waals surface area contributed by atoms with Crippen molar-refractivity contribution in [3.63, 3.8) is 0 Å². The van der Waals surface area contributed by atoms with E-state index in [2.05, 4.69) is 0 Å². The van der Waals surface area contributed by atoms with Crippen LogP contribution in [0.3, 0.4) is 0 Å². The molecule has 0 heterocycles. The van der Waals surface area contributed by atoms with Crippen LogP contribution >= 0.6 is 0 Å². The lowest BCUT2D eigenvalue weighted by Crippen LogP contribution is -2.43. The summed E-state index contributed by atoms with van der Waals surface area (Å²) in [5, 5.41) is 28.9. The van der Waals surface area contributed by atoms with E-state index >= 15 is 0 Å². The van der Waals surface area contributed by atoms with Crippen LogP contribution in [-0.4, -0.2) is 33.1 Å². The SMILES string of the molecule is CC1=CC(O)C(C(C)(C)O)CC1O. The van der Waals surface area contributed by atoms with Gasteiger partial charge in [-0.1, -0.05) is 6.08 Å². The Morgan fingerprint density at radius 1 is 1.38 bits per heavy atom. The normalized spacial score (nSPS) is 35.8. The molecular formula is C10H18O3. The third-order valence-corrected chi connectivity index (χ3v) is 2.76. The quantitative estimate of drug-likeness (QED) is 0.521. The number of aliphatic hydroxyl groups excluding tert-OH is 2. The summed E-state index contributed by atoms with van der Waals surface area (Å²) in [6.45, 7) is 5.10. The summed E-state index contributed by atoms with van der Waals surface area (Å²) < 4.78 is 0. The van der Waals surface area contributed by atoms with Gasteiger partial charge in [-0.3, -0.25) is 0 Å². The third-order valence-electron chi connectivity index (χ3n) is 2.76. The van der Waals surface area contributed by atoms with Gasteiger partial charge in [-0.25, -0.2) is 0 Å². The Morgan fingerprint density at radius 2 is 1.92 bits per heavy atom. The second-order valence-electron chi connectivity index (χ2n) is 4.41. The van der Waals surface area contributed by atoms with E-state index in [1.54, 1.807) is 26.8 Å². The van der Waals surface area contributed by atoms with Crippen LogP contribution in [0.25, 0.3) is 0 Å². The molecule has 0 saturated heterocycles. The van der Waals surface area contributed by atoms with Crippen LogP contribution in [0.2, 0.25) is 0 Å². The number of hydrogen-bond acceptors (Lipinski definition) is 3. The van der Waals surface area contributed by atoms with Crippen LogP contribution in [0.1, 0.15) is 27.2 Å². The summed E-state index contributed by atoms with van der Waals surface area (Å²) in [6.07, 6.45) is 0.868. The monoisotopic (exact) mass is 186 g/mol. The Morgan fingerprint density at radius 3 is 2.38 bits per heavy atom. The Kier molecular flexibility index (Phi) is 2.80. The Bertz CT molecular complexity index is 215. The number of hydrogen-bond donors (Lipinski definition) is 3. The van der Waals surface area contributed by atoms with Crippen LogP contribution in [0.4, 0.5) is 0 Å². The van der Waals surface area contributed by atoms with E-state index in [4.69, 9.17) is 0 Å². The predicted molar refractivity (Wildman–Crippen MR) is 50.2 cm³/mol. The van der Waals surface area contributed by atoms with Crippen molar-refractivity contribution in [2.75, 3.05) is 0 Å². The van der Waals surface area contributed by atoms with Crippen molar-refractivity contribution < 1.29 is 15.3 Å². The maximum absolute atomic E-state index is 9.72. The first-order valence-corrected chi connectivity index (χ1v) is 4.59. The van der Waals surface area contributed by atoms with Crippen molar-refractivity contribution in [1.29, 1.82) is 0 Å². The first-order chi connectivity index (χ1) is 5.82. The van der Waals surface area contributed by atoms with Gasteiger partial charge < -0.3 is 15.3 Å². The van der Waals surface area contributed by atoms with Crippen molar-refractivity contribution in [3.8, 4) is 0 Å². The minimum Gasteiger partial charge on any atom is -0.390 e. The van der Waals surface area contributed by atoms with Gasteiger partial charge in [0.25, 0.3) is 0 Å². The average Bonchev–Trinajstić information content (AvgIpc) is 1.94. The molecule has 13 heavy (non-hydrogen) atoms. The second-order valence-corrected chi connectivity index (χ2v) is 4.41. The zero-order valence-electron chi connectivity index (χ0n) is 8.36. The largest absolute Gasteiger partial charge is 0.390 e. The first kappa shape index (κ1) is 10.7. The molecule has 1 aliphatic rings. The highest BCUT2D eigenvalue weighted by atomic mass is 16.3. The van der Waals surface area contributed by atoms with Crippen molar-refractivity contribution in [2.24, 2.45) is 5.92 Å². The fourth-order valence-corrected chi connectivity index (χ4v) is 1.77. The lowest BCUT2D eigenvalue weighted by Gasteiger charge is -2.37. The minimum absolute atomic E-state index is 0.286. The molecule has 0 aromatic carbocycles. The average molecular weight is 186 g/mol. The van der Waals surface area contributed by atoms with E-state index in [0.29, 0.717) is 6.42 Å². The number of aliphatic hydroxyl groups is 3. The predicted octanol–water partition coefficient (Wildman–Crippen LogP) is 0.445. The van der Waals surface area contributed by atoms with Gasteiger partial charge in [-0.15, -0.1) is 0 Å². The molecule has 0 aliphatic heterocycles. The summed E-state index contributed by atoms with van der Waals surface area (Å²) >= 11 is 0. The molecule has 0 radical (unpaired) electrons. The molecule has 0 fully saturated rings. The zero-order valence-corrected chi connectivity index (χ0v) is 8.36. The molecule has 3 unspecified atom stereocenters. The van der Waals surface area contributed by atoms with Gasteiger partial charge in [-0.05, 0) is 32.8 Å².